The van der Waals surface area contributed by atoms with Gasteiger partial charge in [-0.1, -0.05) is 0 Å². The van der Waals surface area contributed by atoms with E-state index in [1.54, 1.807) is 11.3 Å². The van der Waals surface area contributed by atoms with Crippen LogP contribution in [0, 0.1) is 12.8 Å². The third-order valence-corrected chi connectivity index (χ3v) is 4.50. The minimum absolute atomic E-state index is 0. The van der Waals surface area contributed by atoms with Crippen LogP contribution in [0.15, 0.2) is 6.20 Å². The Morgan fingerprint density at radius 1 is 1.50 bits per heavy atom. The van der Waals surface area contributed by atoms with Gasteiger partial charge in [-0.15, -0.1) is 36.2 Å². The number of hydrogen-bond acceptors (Lipinski definition) is 4. The summed E-state index contributed by atoms with van der Waals surface area (Å²) in [6.07, 6.45) is 3.91. The van der Waals surface area contributed by atoms with Crippen molar-refractivity contribution < 1.29 is 4.79 Å². The van der Waals surface area contributed by atoms with Crippen LogP contribution in [0.2, 0.25) is 0 Å². The number of amides is 1. The first-order valence-corrected chi connectivity index (χ1v) is 7.26. The van der Waals surface area contributed by atoms with Gasteiger partial charge in [-0.25, -0.2) is 4.98 Å². The second-order valence-electron chi connectivity index (χ2n) is 5.43. The number of aromatic nitrogens is 1. The van der Waals surface area contributed by atoms with Gasteiger partial charge in [0.25, 0.3) is 0 Å². The molecule has 7 heteroatoms. The second-order valence-corrected chi connectivity index (χ2v) is 6.67. The molecule has 1 aliphatic rings. The van der Waals surface area contributed by atoms with Gasteiger partial charge in [0.2, 0.25) is 5.91 Å². The predicted molar refractivity (Wildman–Crippen MR) is 88.1 cm³/mol. The van der Waals surface area contributed by atoms with Crippen LogP contribution in [0.25, 0.3) is 0 Å². The van der Waals surface area contributed by atoms with Gasteiger partial charge in [-0.3, -0.25) is 4.79 Å². The van der Waals surface area contributed by atoms with Crippen LogP contribution >= 0.6 is 36.2 Å². The van der Waals surface area contributed by atoms with Crippen molar-refractivity contribution in [3.8, 4) is 0 Å². The minimum atomic E-state index is -0.381. The number of nitrogens with zero attached hydrogens (tertiary/aromatic N) is 1. The van der Waals surface area contributed by atoms with Crippen molar-refractivity contribution in [2.75, 3.05) is 13.1 Å². The molecule has 1 atom stereocenters. The molecule has 2 N–H and O–H groups in total. The highest BCUT2D eigenvalue weighted by Gasteiger charge is 2.30. The Hall–Kier alpha value is -0.360. The first kappa shape index (κ1) is 19.6. The first-order valence-electron chi connectivity index (χ1n) is 6.45. The molecule has 2 rings (SSSR count). The monoisotopic (exact) mass is 339 g/mol. The topological polar surface area (TPSA) is 54.0 Å². The highest BCUT2D eigenvalue weighted by Crippen LogP contribution is 2.25. The summed E-state index contributed by atoms with van der Waals surface area (Å²) in [4.78, 5) is 17.8. The number of thiazole rings is 1. The Morgan fingerprint density at radius 3 is 2.70 bits per heavy atom. The molecule has 0 saturated carbocycles. The normalized spacial score (nSPS) is 18.6. The zero-order chi connectivity index (χ0) is 13.2. The maximum atomic E-state index is 12.2. The molecule has 116 valence electrons. The van der Waals surface area contributed by atoms with Gasteiger partial charge >= 0.3 is 0 Å². The third-order valence-electron chi connectivity index (χ3n) is 3.26. The van der Waals surface area contributed by atoms with Crippen LogP contribution in [0.1, 0.15) is 36.6 Å². The summed E-state index contributed by atoms with van der Waals surface area (Å²) in [5.41, 5.74) is -0.381. The maximum Gasteiger partial charge on any atom is 0.225 e. The van der Waals surface area contributed by atoms with E-state index in [0.29, 0.717) is 0 Å². The molecule has 0 radical (unpaired) electrons. The number of carbonyl (C=O) groups excluding carboxylic acids is 1. The van der Waals surface area contributed by atoms with Crippen LogP contribution in [-0.2, 0) is 10.3 Å². The van der Waals surface area contributed by atoms with Crippen molar-refractivity contribution in [2.24, 2.45) is 5.92 Å². The summed E-state index contributed by atoms with van der Waals surface area (Å²) in [6, 6.07) is 0. The molecule has 0 spiro atoms. The average Bonchev–Trinajstić information content (AvgIpc) is 2.77. The average molecular weight is 340 g/mol. The van der Waals surface area contributed by atoms with Gasteiger partial charge in [-0.05, 0) is 40.2 Å². The molecular weight excluding hydrogens is 317 g/mol. The van der Waals surface area contributed by atoms with Crippen LogP contribution < -0.4 is 10.6 Å². The summed E-state index contributed by atoms with van der Waals surface area (Å²) in [5.74, 6) is 0.235. The number of halogens is 2. The van der Waals surface area contributed by atoms with Crippen LogP contribution in [-0.4, -0.2) is 24.0 Å². The molecule has 1 unspecified atom stereocenters. The van der Waals surface area contributed by atoms with Gasteiger partial charge in [0.1, 0.15) is 5.01 Å². The van der Waals surface area contributed by atoms with Crippen LogP contribution in [0.4, 0.5) is 0 Å². The van der Waals surface area contributed by atoms with E-state index in [-0.39, 0.29) is 42.2 Å². The van der Waals surface area contributed by atoms with Gasteiger partial charge in [0, 0.05) is 17.6 Å². The molecule has 1 fully saturated rings. The van der Waals surface area contributed by atoms with Crippen LogP contribution in [0.5, 0.6) is 0 Å². The summed E-state index contributed by atoms with van der Waals surface area (Å²) in [5, 5.41) is 7.37. The molecule has 20 heavy (non-hydrogen) atoms. The molecule has 0 aromatic carbocycles. The van der Waals surface area contributed by atoms with Crippen molar-refractivity contribution in [1.82, 2.24) is 15.6 Å². The largest absolute Gasteiger partial charge is 0.344 e. The maximum absolute atomic E-state index is 12.2. The fourth-order valence-corrected chi connectivity index (χ4v) is 3.00. The number of hydrogen-bond donors (Lipinski definition) is 2. The van der Waals surface area contributed by atoms with Crippen LogP contribution in [0.3, 0.4) is 0 Å². The predicted octanol–water partition coefficient (Wildman–Crippen LogP) is 2.65. The number of rotatable bonds is 3. The summed E-state index contributed by atoms with van der Waals surface area (Å²) in [7, 11) is 0. The Morgan fingerprint density at radius 2 is 2.20 bits per heavy atom. The molecule has 1 saturated heterocycles. The van der Waals surface area contributed by atoms with E-state index in [1.165, 1.54) is 4.88 Å². The Balaban J connectivity index is 0.00000180. The second kappa shape index (κ2) is 8.17. The number of piperidine rings is 1. The van der Waals surface area contributed by atoms with Gasteiger partial charge in [0.15, 0.2) is 0 Å². The van der Waals surface area contributed by atoms with E-state index in [9.17, 15) is 4.79 Å². The van der Waals surface area contributed by atoms with E-state index in [4.69, 9.17) is 0 Å². The lowest BCUT2D eigenvalue weighted by Gasteiger charge is -2.28. The smallest absolute Gasteiger partial charge is 0.225 e. The van der Waals surface area contributed by atoms with Crippen molar-refractivity contribution in [3.05, 3.63) is 16.1 Å². The zero-order valence-corrected chi connectivity index (χ0v) is 14.5. The van der Waals surface area contributed by atoms with E-state index >= 15 is 0 Å². The first-order chi connectivity index (χ1) is 8.49. The molecule has 1 amide bonds. The SMILES string of the molecule is Cc1cnc(C(C)(C)NC(=O)C2CCCNC2)s1.Cl.Cl. The molecule has 4 nitrogen and oxygen atoms in total. The van der Waals surface area contributed by atoms with Crippen molar-refractivity contribution >= 4 is 42.1 Å². The number of carbonyl (C=O) groups is 1. The van der Waals surface area contributed by atoms with Gasteiger partial charge in [0.05, 0.1) is 11.5 Å². The lowest BCUT2D eigenvalue weighted by atomic mass is 9.97. The fraction of sp³-hybridized carbons (Fsp3) is 0.692. The molecule has 1 aromatic heterocycles. The molecule has 0 aliphatic carbocycles. The van der Waals surface area contributed by atoms with E-state index in [2.05, 4.69) is 15.6 Å². The summed E-state index contributed by atoms with van der Waals surface area (Å²) >= 11 is 1.64. The highest BCUT2D eigenvalue weighted by molar-refractivity contribution is 7.11. The van der Waals surface area contributed by atoms with Crippen molar-refractivity contribution in [3.63, 3.8) is 0 Å². The van der Waals surface area contributed by atoms with Crippen molar-refractivity contribution in [1.29, 1.82) is 0 Å². The zero-order valence-electron chi connectivity index (χ0n) is 12.1. The van der Waals surface area contributed by atoms with E-state index < -0.39 is 0 Å². The molecule has 0 bridgehead atoms. The van der Waals surface area contributed by atoms with Gasteiger partial charge < -0.3 is 10.6 Å². The fourth-order valence-electron chi connectivity index (χ4n) is 2.18. The number of nitrogens with one attached hydrogen (secondary N) is 2. The Bertz CT molecular complexity index is 431. The lowest BCUT2D eigenvalue weighted by molar-refractivity contribution is -0.127. The highest BCUT2D eigenvalue weighted by atomic mass is 35.5. The summed E-state index contributed by atoms with van der Waals surface area (Å²) < 4.78 is 0. The van der Waals surface area contributed by atoms with E-state index in [1.807, 2.05) is 27.0 Å². The third kappa shape index (κ3) is 4.88. The lowest BCUT2D eigenvalue weighted by Crippen LogP contribution is -2.47. The Labute approximate surface area is 137 Å². The van der Waals surface area contributed by atoms with E-state index in [0.717, 1.165) is 30.9 Å². The molecular formula is C13H23Cl2N3OS. The summed E-state index contributed by atoms with van der Waals surface area (Å²) in [6.45, 7) is 7.88. The molecule has 1 aliphatic heterocycles. The van der Waals surface area contributed by atoms with Gasteiger partial charge in [-0.2, -0.15) is 0 Å². The minimum Gasteiger partial charge on any atom is -0.344 e. The molecule has 1 aromatic rings. The van der Waals surface area contributed by atoms with Crippen molar-refractivity contribution in [2.45, 2.75) is 39.2 Å². The molecule has 2 heterocycles. The Kier molecular flexibility index (Phi) is 8.03. The standard InChI is InChI=1S/C13H21N3OS.2ClH/c1-9-7-15-12(18-9)13(2,3)16-11(17)10-5-4-6-14-8-10;;/h7,10,14H,4-6,8H2,1-3H3,(H,16,17);2*1H. The number of aryl methyl sites for hydroxylation is 1. The quantitative estimate of drug-likeness (QED) is 0.889.